The van der Waals surface area contributed by atoms with Crippen molar-refractivity contribution in [2.24, 2.45) is 21.7 Å². The molecule has 2 nitrogen and oxygen atoms in total. The van der Waals surface area contributed by atoms with Gasteiger partial charge in [-0.2, -0.15) is 0 Å². The second-order valence-electron chi connectivity index (χ2n) is 5.70. The topological polar surface area (TPSA) is 24.4 Å². The summed E-state index contributed by atoms with van der Waals surface area (Å²) in [6.45, 7) is 7.29. The van der Waals surface area contributed by atoms with E-state index in [9.17, 15) is 0 Å². The average Bonchev–Trinajstić information content (AvgIpc) is 2.63. The summed E-state index contributed by atoms with van der Waals surface area (Å²) in [5.74, 6) is 0.838. The minimum Gasteiger partial charge on any atom is -0.371 e. The van der Waals surface area contributed by atoms with Crippen molar-refractivity contribution in [3.8, 4) is 0 Å². The third kappa shape index (κ3) is 0.628. The molecule has 2 heteroatoms. The molecule has 0 unspecified atom stereocenters. The molecule has 1 heterocycles. The molecule has 3 rings (SSSR count). The van der Waals surface area contributed by atoms with E-state index in [4.69, 9.17) is 0 Å². The van der Waals surface area contributed by atoms with Gasteiger partial charge < -0.3 is 5.32 Å². The zero-order valence-electron chi connectivity index (χ0n) is 8.67. The van der Waals surface area contributed by atoms with Crippen LogP contribution in [0.2, 0.25) is 0 Å². The van der Waals surface area contributed by atoms with Crippen molar-refractivity contribution in [3.05, 3.63) is 0 Å². The maximum atomic E-state index is 4.61. The molecule has 0 saturated heterocycles. The van der Waals surface area contributed by atoms with Crippen molar-refractivity contribution < 1.29 is 0 Å². The molecule has 3 aliphatic rings. The highest BCUT2D eigenvalue weighted by atomic mass is 15.1. The van der Waals surface area contributed by atoms with Crippen LogP contribution in [0.4, 0.5) is 0 Å². The standard InChI is InChI=1S/C11H18N2/c1-10(2)7-4-5-11(10,3)9-8(7)12-6-13-9/h6-9H,4-5H2,1-3H3,(H,12,13)/t7-,8-,9-,11+/m1/s1. The SMILES string of the molecule is CC1(C)[C@@H]2CC[C@@]1(C)[C@@H]1N=CN[C@H]21. The summed E-state index contributed by atoms with van der Waals surface area (Å²) in [4.78, 5) is 4.61. The van der Waals surface area contributed by atoms with Crippen molar-refractivity contribution in [1.82, 2.24) is 5.32 Å². The van der Waals surface area contributed by atoms with E-state index in [1.807, 2.05) is 6.34 Å². The summed E-state index contributed by atoms with van der Waals surface area (Å²) in [5.41, 5.74) is 0.926. The highest BCUT2D eigenvalue weighted by Gasteiger charge is 2.67. The van der Waals surface area contributed by atoms with Crippen molar-refractivity contribution in [3.63, 3.8) is 0 Å². The fourth-order valence-corrected chi connectivity index (χ4v) is 4.01. The van der Waals surface area contributed by atoms with E-state index < -0.39 is 0 Å². The number of nitrogens with zero attached hydrogens (tertiary/aromatic N) is 1. The zero-order chi connectivity index (χ0) is 9.27. The molecule has 0 aromatic carbocycles. The molecule has 13 heavy (non-hydrogen) atoms. The molecule has 0 amide bonds. The molecule has 2 bridgehead atoms. The largest absolute Gasteiger partial charge is 0.371 e. The third-order valence-electron chi connectivity index (χ3n) is 5.30. The van der Waals surface area contributed by atoms with Gasteiger partial charge in [-0.05, 0) is 29.6 Å². The van der Waals surface area contributed by atoms with Crippen molar-refractivity contribution in [2.75, 3.05) is 0 Å². The van der Waals surface area contributed by atoms with Gasteiger partial charge in [0.1, 0.15) is 0 Å². The molecule has 2 aliphatic carbocycles. The average molecular weight is 178 g/mol. The van der Waals surface area contributed by atoms with Crippen molar-refractivity contribution in [1.29, 1.82) is 0 Å². The smallest absolute Gasteiger partial charge is 0.0831 e. The summed E-state index contributed by atoms with van der Waals surface area (Å²) in [5, 5.41) is 3.44. The molecule has 1 N–H and O–H groups in total. The fourth-order valence-electron chi connectivity index (χ4n) is 4.01. The normalized spacial score (nSPS) is 55.2. The molecular formula is C11H18N2. The summed E-state index contributed by atoms with van der Waals surface area (Å²) in [6, 6.07) is 1.20. The van der Waals surface area contributed by atoms with E-state index >= 15 is 0 Å². The second kappa shape index (κ2) is 1.94. The summed E-state index contributed by atoms with van der Waals surface area (Å²) >= 11 is 0. The molecule has 0 aromatic rings. The maximum Gasteiger partial charge on any atom is 0.0831 e. The van der Waals surface area contributed by atoms with Crippen LogP contribution in [0.15, 0.2) is 4.99 Å². The lowest BCUT2D eigenvalue weighted by atomic mass is 9.69. The van der Waals surface area contributed by atoms with Crippen LogP contribution in [-0.4, -0.2) is 18.4 Å². The van der Waals surface area contributed by atoms with E-state index in [1.165, 1.54) is 12.8 Å². The van der Waals surface area contributed by atoms with Gasteiger partial charge in [0.05, 0.1) is 18.4 Å². The number of hydrogen-bond acceptors (Lipinski definition) is 2. The lowest BCUT2D eigenvalue weighted by molar-refractivity contribution is 0.137. The van der Waals surface area contributed by atoms with Crippen LogP contribution in [0, 0.1) is 16.7 Å². The summed E-state index contributed by atoms with van der Waals surface area (Å²) < 4.78 is 0. The van der Waals surface area contributed by atoms with Crippen LogP contribution in [0.1, 0.15) is 33.6 Å². The van der Waals surface area contributed by atoms with Crippen LogP contribution in [0.3, 0.4) is 0 Å². The lowest BCUT2D eigenvalue weighted by Gasteiger charge is -2.36. The lowest BCUT2D eigenvalue weighted by Crippen LogP contribution is -2.40. The first-order chi connectivity index (χ1) is 6.07. The first-order valence-corrected chi connectivity index (χ1v) is 5.35. The minimum absolute atomic E-state index is 0.447. The van der Waals surface area contributed by atoms with Crippen LogP contribution in [0.5, 0.6) is 0 Å². The first kappa shape index (κ1) is 7.84. The predicted octanol–water partition coefficient (Wildman–Crippen LogP) is 1.81. The Balaban J connectivity index is 2.11. The van der Waals surface area contributed by atoms with E-state index in [2.05, 4.69) is 31.1 Å². The molecule has 0 spiro atoms. The van der Waals surface area contributed by atoms with Gasteiger partial charge in [0.25, 0.3) is 0 Å². The van der Waals surface area contributed by atoms with Crippen LogP contribution in [0.25, 0.3) is 0 Å². The molecule has 0 aromatic heterocycles. The Morgan fingerprint density at radius 3 is 2.85 bits per heavy atom. The third-order valence-corrected chi connectivity index (χ3v) is 5.30. The number of hydrogen-bond donors (Lipinski definition) is 1. The second-order valence-corrected chi connectivity index (χ2v) is 5.70. The molecule has 72 valence electrons. The van der Waals surface area contributed by atoms with Gasteiger partial charge in [-0.1, -0.05) is 20.8 Å². The quantitative estimate of drug-likeness (QED) is 0.601. The Morgan fingerprint density at radius 1 is 1.38 bits per heavy atom. The van der Waals surface area contributed by atoms with Crippen LogP contribution in [-0.2, 0) is 0 Å². The van der Waals surface area contributed by atoms with Gasteiger partial charge in [0.2, 0.25) is 0 Å². The minimum atomic E-state index is 0.447. The Labute approximate surface area is 79.8 Å². The molecule has 1 aliphatic heterocycles. The van der Waals surface area contributed by atoms with Gasteiger partial charge in [-0.25, -0.2) is 0 Å². The van der Waals surface area contributed by atoms with Gasteiger partial charge in [-0.15, -0.1) is 0 Å². The Morgan fingerprint density at radius 2 is 2.15 bits per heavy atom. The predicted molar refractivity (Wildman–Crippen MR) is 53.8 cm³/mol. The van der Waals surface area contributed by atoms with E-state index in [-0.39, 0.29) is 0 Å². The van der Waals surface area contributed by atoms with Gasteiger partial charge in [0, 0.05) is 0 Å². The highest BCUT2D eigenvalue weighted by Crippen LogP contribution is 2.66. The number of aliphatic imine (C=N–C) groups is 1. The maximum absolute atomic E-state index is 4.61. The molecule has 4 atom stereocenters. The zero-order valence-corrected chi connectivity index (χ0v) is 8.67. The molecule has 2 fully saturated rings. The number of fused-ring (bicyclic) bond motifs is 5. The number of nitrogens with one attached hydrogen (secondary N) is 1. The van der Waals surface area contributed by atoms with E-state index in [0.717, 1.165) is 5.92 Å². The molecule has 2 saturated carbocycles. The van der Waals surface area contributed by atoms with Crippen molar-refractivity contribution in [2.45, 2.75) is 45.7 Å². The highest BCUT2D eigenvalue weighted by molar-refractivity contribution is 5.60. The van der Waals surface area contributed by atoms with Gasteiger partial charge in [0.15, 0.2) is 0 Å². The Bertz CT molecular complexity index is 282. The summed E-state index contributed by atoms with van der Waals surface area (Å²) in [6.07, 6.45) is 4.69. The summed E-state index contributed by atoms with van der Waals surface area (Å²) in [7, 11) is 0. The number of rotatable bonds is 0. The van der Waals surface area contributed by atoms with Crippen LogP contribution < -0.4 is 5.32 Å². The monoisotopic (exact) mass is 178 g/mol. The Hall–Kier alpha value is -0.530. The molecule has 0 radical (unpaired) electrons. The Kier molecular flexibility index (Phi) is 1.17. The molecular weight excluding hydrogens is 160 g/mol. The van der Waals surface area contributed by atoms with Gasteiger partial charge in [-0.3, -0.25) is 4.99 Å². The van der Waals surface area contributed by atoms with Crippen LogP contribution >= 0.6 is 0 Å². The van der Waals surface area contributed by atoms with Crippen molar-refractivity contribution >= 4 is 6.34 Å². The first-order valence-electron chi connectivity index (χ1n) is 5.35. The fraction of sp³-hybridized carbons (Fsp3) is 0.909. The van der Waals surface area contributed by atoms with E-state index in [0.29, 0.717) is 22.9 Å². The van der Waals surface area contributed by atoms with Gasteiger partial charge >= 0.3 is 0 Å². The van der Waals surface area contributed by atoms with E-state index in [1.54, 1.807) is 0 Å².